The monoisotopic (exact) mass is 393 g/mol. The van der Waals surface area contributed by atoms with E-state index in [2.05, 4.69) is 0 Å². The van der Waals surface area contributed by atoms with E-state index in [1.165, 1.54) is 23.9 Å². The van der Waals surface area contributed by atoms with Crippen LogP contribution >= 0.6 is 11.8 Å². The number of nitro benzene ring substituents is 1. The van der Waals surface area contributed by atoms with Gasteiger partial charge in [-0.3, -0.25) is 10.1 Å². The number of nitro groups is 1. The first-order chi connectivity index (χ1) is 12.4. The van der Waals surface area contributed by atoms with Gasteiger partial charge in [0.1, 0.15) is 6.61 Å². The number of carbonyl (C=O) groups is 1. The van der Waals surface area contributed by atoms with Crippen LogP contribution in [0.15, 0.2) is 53.4 Å². The summed E-state index contributed by atoms with van der Waals surface area (Å²) in [6.45, 7) is 0.150. The summed E-state index contributed by atoms with van der Waals surface area (Å²) in [5.41, 5.74) is 0.781. The second-order valence-electron chi connectivity index (χ2n) is 5.62. The molecule has 0 radical (unpaired) electrons. The van der Waals surface area contributed by atoms with Gasteiger partial charge < -0.3 is 4.74 Å². The first kappa shape index (κ1) is 18.4. The Kier molecular flexibility index (Phi) is 5.28. The van der Waals surface area contributed by atoms with Gasteiger partial charge in [0.25, 0.3) is 5.69 Å². The molecule has 1 aliphatic rings. The number of thioether (sulfide) groups is 1. The van der Waals surface area contributed by atoms with Crippen LogP contribution in [0.2, 0.25) is 0 Å². The number of benzene rings is 2. The first-order valence-corrected chi connectivity index (χ1v) is 10.4. The quantitative estimate of drug-likeness (QED) is 0.322. The van der Waals surface area contributed by atoms with E-state index in [9.17, 15) is 23.3 Å². The van der Waals surface area contributed by atoms with Crippen molar-refractivity contribution < 1.29 is 22.9 Å². The Morgan fingerprint density at radius 2 is 1.96 bits per heavy atom. The Morgan fingerprint density at radius 1 is 1.23 bits per heavy atom. The Labute approximate surface area is 154 Å². The number of fused-ring (bicyclic) bond motifs is 1. The molecule has 26 heavy (non-hydrogen) atoms. The number of sulfone groups is 1. The molecule has 0 spiro atoms. The average molecular weight is 393 g/mol. The Morgan fingerprint density at radius 3 is 2.65 bits per heavy atom. The maximum atomic E-state index is 12.2. The van der Waals surface area contributed by atoms with Gasteiger partial charge in [0.05, 0.1) is 21.1 Å². The minimum atomic E-state index is -3.54. The Bertz CT molecular complexity index is 943. The zero-order valence-corrected chi connectivity index (χ0v) is 15.2. The van der Waals surface area contributed by atoms with Gasteiger partial charge in [-0.05, 0) is 23.8 Å². The molecule has 2 aromatic rings. The molecule has 0 unspecified atom stereocenters. The van der Waals surface area contributed by atoms with Crippen molar-refractivity contribution in [2.45, 2.75) is 10.1 Å². The second kappa shape index (κ2) is 7.46. The van der Waals surface area contributed by atoms with Gasteiger partial charge >= 0.3 is 5.97 Å². The largest absolute Gasteiger partial charge is 0.461 e. The molecule has 2 aromatic carbocycles. The normalized spacial score (nSPS) is 17.5. The molecule has 0 aliphatic carbocycles. The number of ether oxygens (including phenoxy) is 1. The molecule has 1 atom stereocenters. The number of esters is 1. The van der Waals surface area contributed by atoms with Crippen molar-refractivity contribution in [1.82, 2.24) is 0 Å². The summed E-state index contributed by atoms with van der Waals surface area (Å²) in [5.74, 6) is -0.114. The number of hydrogen-bond donors (Lipinski definition) is 0. The predicted octanol–water partition coefficient (Wildman–Crippen LogP) is 3.01. The zero-order chi connectivity index (χ0) is 18.7. The van der Waals surface area contributed by atoms with E-state index in [1.54, 1.807) is 30.3 Å². The molecule has 7 nitrogen and oxygen atoms in total. The number of non-ortho nitro benzene ring substituents is 1. The highest BCUT2D eigenvalue weighted by atomic mass is 32.2. The summed E-state index contributed by atoms with van der Waals surface area (Å²) in [7, 11) is -3.54. The summed E-state index contributed by atoms with van der Waals surface area (Å²) in [4.78, 5) is 22.1. The van der Waals surface area contributed by atoms with Crippen LogP contribution in [0.5, 0.6) is 0 Å². The van der Waals surface area contributed by atoms with Crippen LogP contribution in [0.4, 0.5) is 5.69 Å². The zero-order valence-electron chi connectivity index (χ0n) is 13.5. The van der Waals surface area contributed by atoms with E-state index in [-0.39, 0.29) is 28.2 Å². The standard InChI is InChI=1S/C17H15NO6S2/c19-17(12-4-2-1-3-5-12)24-8-9-25-15-11-26(22,23)16-10-13(18(20)21)6-7-14(15)16/h1-7,10,15H,8-9,11H2/t15-/m1/s1. The van der Waals surface area contributed by atoms with Crippen molar-refractivity contribution in [3.8, 4) is 0 Å². The molecule has 0 fully saturated rings. The third-order valence-electron chi connectivity index (χ3n) is 3.91. The molecule has 0 amide bonds. The summed E-state index contributed by atoms with van der Waals surface area (Å²) < 4.78 is 29.7. The molecule has 0 aromatic heterocycles. The number of nitrogens with zero attached hydrogens (tertiary/aromatic N) is 1. The number of carbonyl (C=O) groups excluding carboxylic acids is 1. The predicted molar refractivity (Wildman–Crippen MR) is 97.1 cm³/mol. The summed E-state index contributed by atoms with van der Waals surface area (Å²) in [5, 5.41) is 10.5. The van der Waals surface area contributed by atoms with E-state index in [1.807, 2.05) is 0 Å². The highest BCUT2D eigenvalue weighted by Gasteiger charge is 2.36. The van der Waals surface area contributed by atoms with Gasteiger partial charge in [-0.25, -0.2) is 13.2 Å². The van der Waals surface area contributed by atoms with Crippen LogP contribution in [-0.2, 0) is 14.6 Å². The lowest BCUT2D eigenvalue weighted by Crippen LogP contribution is -2.09. The molecule has 0 bridgehead atoms. The van der Waals surface area contributed by atoms with E-state index >= 15 is 0 Å². The number of rotatable bonds is 6. The maximum Gasteiger partial charge on any atom is 0.338 e. The van der Waals surface area contributed by atoms with Gasteiger partial charge in [-0.1, -0.05) is 18.2 Å². The van der Waals surface area contributed by atoms with Crippen LogP contribution < -0.4 is 0 Å². The fourth-order valence-corrected chi connectivity index (χ4v) is 6.14. The highest BCUT2D eigenvalue weighted by molar-refractivity contribution is 8.01. The van der Waals surface area contributed by atoms with Crippen molar-refractivity contribution in [3.63, 3.8) is 0 Å². The van der Waals surface area contributed by atoms with Gasteiger partial charge in [0.2, 0.25) is 0 Å². The number of hydrogen-bond acceptors (Lipinski definition) is 7. The van der Waals surface area contributed by atoms with E-state index in [0.29, 0.717) is 16.9 Å². The van der Waals surface area contributed by atoms with Crippen LogP contribution in [0.25, 0.3) is 0 Å². The van der Waals surface area contributed by atoms with Crippen molar-refractivity contribution >= 4 is 33.3 Å². The molecule has 1 aliphatic heterocycles. The highest BCUT2D eigenvalue weighted by Crippen LogP contribution is 2.43. The van der Waals surface area contributed by atoms with Crippen LogP contribution in [0, 0.1) is 10.1 Å². The molecular formula is C17H15NO6S2. The molecule has 0 N–H and O–H groups in total. The first-order valence-electron chi connectivity index (χ1n) is 7.73. The molecule has 9 heteroatoms. The van der Waals surface area contributed by atoms with E-state index in [4.69, 9.17) is 4.74 Å². The molecule has 3 rings (SSSR count). The SMILES string of the molecule is O=C(OCCS[C@@H]1CS(=O)(=O)c2cc([N+](=O)[O-])ccc21)c1ccccc1. The van der Waals surface area contributed by atoms with Gasteiger partial charge in [-0.2, -0.15) is 0 Å². The van der Waals surface area contributed by atoms with Gasteiger partial charge in [-0.15, -0.1) is 11.8 Å². The van der Waals surface area contributed by atoms with E-state index in [0.717, 1.165) is 6.07 Å². The van der Waals surface area contributed by atoms with Crippen LogP contribution in [-0.4, -0.2) is 37.4 Å². The molecule has 1 heterocycles. The van der Waals surface area contributed by atoms with Crippen LogP contribution in [0.1, 0.15) is 21.2 Å². The molecule has 0 saturated heterocycles. The van der Waals surface area contributed by atoms with Crippen molar-refractivity contribution in [1.29, 1.82) is 0 Å². The fourth-order valence-electron chi connectivity index (χ4n) is 2.67. The maximum absolute atomic E-state index is 12.2. The minimum absolute atomic E-state index is 0.0190. The van der Waals surface area contributed by atoms with Crippen molar-refractivity contribution in [2.24, 2.45) is 0 Å². The van der Waals surface area contributed by atoms with Gasteiger partial charge in [0, 0.05) is 23.1 Å². The Balaban J connectivity index is 1.60. The topological polar surface area (TPSA) is 104 Å². The second-order valence-corrected chi connectivity index (χ2v) is 8.94. The van der Waals surface area contributed by atoms with Crippen molar-refractivity contribution in [3.05, 3.63) is 69.8 Å². The summed E-state index contributed by atoms with van der Waals surface area (Å²) in [6, 6.07) is 12.5. The third-order valence-corrected chi connectivity index (χ3v) is 7.14. The summed E-state index contributed by atoms with van der Waals surface area (Å²) in [6.07, 6.45) is 0. The molecule has 136 valence electrons. The Hall–Kier alpha value is -2.39. The average Bonchev–Trinajstić information content (AvgIpc) is 2.89. The van der Waals surface area contributed by atoms with Gasteiger partial charge in [0.15, 0.2) is 9.84 Å². The lowest BCUT2D eigenvalue weighted by Gasteiger charge is -2.10. The third kappa shape index (κ3) is 3.88. The minimum Gasteiger partial charge on any atom is -0.461 e. The molecular weight excluding hydrogens is 378 g/mol. The molecule has 0 saturated carbocycles. The van der Waals surface area contributed by atoms with Crippen molar-refractivity contribution in [2.75, 3.05) is 18.1 Å². The lowest BCUT2D eigenvalue weighted by molar-refractivity contribution is -0.385. The lowest BCUT2D eigenvalue weighted by atomic mass is 10.1. The van der Waals surface area contributed by atoms with Crippen LogP contribution in [0.3, 0.4) is 0 Å². The fraction of sp³-hybridized carbons (Fsp3) is 0.235. The van der Waals surface area contributed by atoms with E-state index < -0.39 is 20.7 Å². The smallest absolute Gasteiger partial charge is 0.338 e. The summed E-state index contributed by atoms with van der Waals surface area (Å²) >= 11 is 1.35.